The number of rotatable bonds is 6. The van der Waals surface area contributed by atoms with Crippen LogP contribution in [0.4, 0.5) is 0 Å². The number of hydrogen-bond acceptors (Lipinski definition) is 3. The summed E-state index contributed by atoms with van der Waals surface area (Å²) in [6.07, 6.45) is 2.57. The van der Waals surface area contributed by atoms with Gasteiger partial charge in [-0.2, -0.15) is 0 Å². The molecule has 24 heavy (non-hydrogen) atoms. The number of ether oxygens (including phenoxy) is 2. The maximum Gasteiger partial charge on any atom is 0.120 e. The smallest absolute Gasteiger partial charge is 0.120 e. The minimum atomic E-state index is 0. The molecule has 0 atom stereocenters. The molecule has 2 aliphatic rings. The second-order valence-corrected chi connectivity index (χ2v) is 6.81. The summed E-state index contributed by atoms with van der Waals surface area (Å²) < 4.78 is 11.9. The first-order chi connectivity index (χ1) is 11.3. The Kier molecular flexibility index (Phi) is 5.32. The predicted octanol–water partition coefficient (Wildman–Crippen LogP) is 4.16. The van der Waals surface area contributed by atoms with Crippen molar-refractivity contribution in [2.45, 2.75) is 19.4 Å². The zero-order valence-corrected chi connectivity index (χ0v) is 14.6. The number of nitrogens with zero attached hydrogens (tertiary/aromatic N) is 1. The van der Waals surface area contributed by atoms with Crippen molar-refractivity contribution in [1.29, 1.82) is 0 Å². The Bertz CT molecular complexity index is 636. The Balaban J connectivity index is 0.00000169. The first-order valence-electron chi connectivity index (χ1n) is 8.43. The van der Waals surface area contributed by atoms with E-state index in [0.29, 0.717) is 12.0 Å². The monoisotopic (exact) mass is 345 g/mol. The lowest BCUT2D eigenvalue weighted by molar-refractivity contribution is 0.167. The highest BCUT2D eigenvalue weighted by molar-refractivity contribution is 5.85. The van der Waals surface area contributed by atoms with Crippen LogP contribution in [0.15, 0.2) is 54.6 Å². The van der Waals surface area contributed by atoms with Crippen LogP contribution >= 0.6 is 12.4 Å². The third-order valence-electron chi connectivity index (χ3n) is 5.09. The summed E-state index contributed by atoms with van der Waals surface area (Å²) >= 11 is 0. The molecule has 4 heteroatoms. The molecule has 2 heterocycles. The lowest BCUT2D eigenvalue weighted by Crippen LogP contribution is -2.27. The molecule has 2 aromatic rings. The summed E-state index contributed by atoms with van der Waals surface area (Å²) in [5.41, 5.74) is 1.58. The van der Waals surface area contributed by atoms with E-state index >= 15 is 0 Å². The standard InChI is InChI=1S/C20H23NO2.ClH/c1-2-4-17(5-3-1)14-22-18-6-8-19(9-7-18)23-16-20-10-12-21(15-20)13-11-20;/h1-9H,10-16H2;1H. The molecular formula is C20H24ClNO2. The first-order valence-corrected chi connectivity index (χ1v) is 8.43. The van der Waals surface area contributed by atoms with E-state index in [2.05, 4.69) is 17.0 Å². The molecule has 0 saturated carbocycles. The third kappa shape index (κ3) is 3.85. The molecule has 4 rings (SSSR count). The number of piperidine rings is 1. The summed E-state index contributed by atoms with van der Waals surface area (Å²) in [6, 6.07) is 18.2. The van der Waals surface area contributed by atoms with Gasteiger partial charge in [-0.05, 0) is 55.8 Å². The van der Waals surface area contributed by atoms with Gasteiger partial charge in [0.2, 0.25) is 0 Å². The van der Waals surface area contributed by atoms with Crippen LogP contribution < -0.4 is 9.47 Å². The van der Waals surface area contributed by atoms with E-state index in [9.17, 15) is 0 Å². The van der Waals surface area contributed by atoms with Gasteiger partial charge in [0, 0.05) is 12.0 Å². The van der Waals surface area contributed by atoms with Gasteiger partial charge in [-0.3, -0.25) is 0 Å². The molecule has 2 saturated heterocycles. The van der Waals surface area contributed by atoms with Crippen molar-refractivity contribution in [3.05, 3.63) is 60.2 Å². The van der Waals surface area contributed by atoms with Gasteiger partial charge in [-0.1, -0.05) is 30.3 Å². The Labute approximate surface area is 150 Å². The van der Waals surface area contributed by atoms with E-state index in [4.69, 9.17) is 9.47 Å². The van der Waals surface area contributed by atoms with E-state index in [1.807, 2.05) is 42.5 Å². The van der Waals surface area contributed by atoms with Gasteiger partial charge in [0.1, 0.15) is 18.1 Å². The quantitative estimate of drug-likeness (QED) is 0.784. The minimum absolute atomic E-state index is 0. The average molecular weight is 346 g/mol. The van der Waals surface area contributed by atoms with Crippen LogP contribution in [0.1, 0.15) is 18.4 Å². The normalized spacial score (nSPS) is 24.4. The SMILES string of the molecule is Cl.c1ccc(COc2ccc(OCC34CCN(CC3)C4)cc2)cc1. The molecule has 128 valence electrons. The molecule has 2 aromatic carbocycles. The Morgan fingerprint density at radius 3 is 2.04 bits per heavy atom. The van der Waals surface area contributed by atoms with E-state index in [1.165, 1.54) is 38.0 Å². The highest BCUT2D eigenvalue weighted by Crippen LogP contribution is 2.40. The highest BCUT2D eigenvalue weighted by Gasteiger charge is 2.44. The Hall–Kier alpha value is -1.71. The number of benzene rings is 2. The van der Waals surface area contributed by atoms with E-state index in [1.54, 1.807) is 0 Å². The summed E-state index contributed by atoms with van der Waals surface area (Å²) in [5, 5.41) is 0. The minimum Gasteiger partial charge on any atom is -0.493 e. The van der Waals surface area contributed by atoms with E-state index < -0.39 is 0 Å². The van der Waals surface area contributed by atoms with Crippen LogP contribution in [-0.4, -0.2) is 31.1 Å². The molecule has 2 bridgehead atoms. The maximum atomic E-state index is 6.05. The fraction of sp³-hybridized carbons (Fsp3) is 0.400. The fourth-order valence-electron chi connectivity index (χ4n) is 3.62. The molecular weight excluding hydrogens is 322 g/mol. The van der Waals surface area contributed by atoms with Crippen LogP contribution in [-0.2, 0) is 6.61 Å². The second-order valence-electron chi connectivity index (χ2n) is 6.81. The summed E-state index contributed by atoms with van der Waals surface area (Å²) in [4.78, 5) is 2.55. The van der Waals surface area contributed by atoms with Crippen LogP contribution in [0.2, 0.25) is 0 Å². The van der Waals surface area contributed by atoms with Gasteiger partial charge in [-0.15, -0.1) is 12.4 Å². The largest absolute Gasteiger partial charge is 0.493 e. The molecule has 0 aromatic heterocycles. The van der Waals surface area contributed by atoms with Gasteiger partial charge in [0.15, 0.2) is 0 Å². The zero-order valence-electron chi connectivity index (χ0n) is 13.8. The van der Waals surface area contributed by atoms with Gasteiger partial charge in [0.05, 0.1) is 6.61 Å². The molecule has 0 unspecified atom stereocenters. The summed E-state index contributed by atoms with van der Waals surface area (Å²) in [6.45, 7) is 5.14. The highest BCUT2D eigenvalue weighted by atomic mass is 35.5. The van der Waals surface area contributed by atoms with Crippen molar-refractivity contribution >= 4 is 12.4 Å². The van der Waals surface area contributed by atoms with Crippen LogP contribution in [0, 0.1) is 5.41 Å². The Morgan fingerprint density at radius 2 is 1.46 bits per heavy atom. The molecule has 0 aliphatic carbocycles. The van der Waals surface area contributed by atoms with Crippen molar-refractivity contribution < 1.29 is 9.47 Å². The molecule has 0 spiro atoms. The average Bonchev–Trinajstić information content (AvgIpc) is 3.21. The van der Waals surface area contributed by atoms with Crippen molar-refractivity contribution in [2.24, 2.45) is 5.41 Å². The summed E-state index contributed by atoms with van der Waals surface area (Å²) in [5.74, 6) is 1.82. The van der Waals surface area contributed by atoms with Crippen molar-refractivity contribution in [1.82, 2.24) is 4.90 Å². The topological polar surface area (TPSA) is 21.7 Å². The van der Waals surface area contributed by atoms with Gasteiger partial charge >= 0.3 is 0 Å². The van der Waals surface area contributed by atoms with Crippen molar-refractivity contribution in [3.8, 4) is 11.5 Å². The Morgan fingerprint density at radius 1 is 0.833 bits per heavy atom. The third-order valence-corrected chi connectivity index (χ3v) is 5.09. The number of fused-ring (bicyclic) bond motifs is 2. The van der Waals surface area contributed by atoms with Gasteiger partial charge < -0.3 is 14.4 Å². The lowest BCUT2D eigenvalue weighted by Gasteiger charge is -2.25. The first kappa shape index (κ1) is 17.1. The van der Waals surface area contributed by atoms with Crippen molar-refractivity contribution in [3.63, 3.8) is 0 Å². The maximum absolute atomic E-state index is 6.05. The molecule has 0 amide bonds. The number of hydrogen-bond donors (Lipinski definition) is 0. The van der Waals surface area contributed by atoms with Crippen molar-refractivity contribution in [2.75, 3.05) is 26.2 Å². The molecule has 2 aliphatic heterocycles. The molecule has 3 nitrogen and oxygen atoms in total. The summed E-state index contributed by atoms with van der Waals surface area (Å²) in [7, 11) is 0. The predicted molar refractivity (Wildman–Crippen MR) is 98.1 cm³/mol. The zero-order chi connectivity index (χ0) is 15.5. The van der Waals surface area contributed by atoms with Crippen LogP contribution in [0.3, 0.4) is 0 Å². The van der Waals surface area contributed by atoms with E-state index in [-0.39, 0.29) is 12.4 Å². The van der Waals surface area contributed by atoms with Gasteiger partial charge in [0.25, 0.3) is 0 Å². The number of halogens is 1. The van der Waals surface area contributed by atoms with Crippen LogP contribution in [0.25, 0.3) is 0 Å². The van der Waals surface area contributed by atoms with Gasteiger partial charge in [-0.25, -0.2) is 0 Å². The fourth-order valence-corrected chi connectivity index (χ4v) is 3.62. The van der Waals surface area contributed by atoms with Crippen LogP contribution in [0.5, 0.6) is 11.5 Å². The lowest BCUT2D eigenvalue weighted by atomic mass is 9.86. The molecule has 0 N–H and O–H groups in total. The molecule has 0 radical (unpaired) electrons. The molecule has 2 fully saturated rings. The second kappa shape index (κ2) is 7.45. The van der Waals surface area contributed by atoms with E-state index in [0.717, 1.165) is 18.1 Å².